The monoisotopic (exact) mass is 288 g/mol. The van der Waals surface area contributed by atoms with Crippen LogP contribution in [0.5, 0.6) is 0 Å². The van der Waals surface area contributed by atoms with Crippen LogP contribution in [0.25, 0.3) is 0 Å². The van der Waals surface area contributed by atoms with Crippen LogP contribution in [-0.2, 0) is 4.79 Å². The Labute approximate surface area is 119 Å². The number of anilines is 2. The molecule has 1 aromatic heterocycles. The van der Waals surface area contributed by atoms with Gasteiger partial charge in [0, 0.05) is 12.4 Å². The number of aliphatic carboxylic acids is 1. The Morgan fingerprint density at radius 3 is 2.90 bits per heavy atom. The fourth-order valence-corrected chi connectivity index (χ4v) is 2.50. The number of hydrogen-bond acceptors (Lipinski definition) is 6. The Hall–Kier alpha value is -2.43. The third-order valence-corrected chi connectivity index (χ3v) is 3.70. The van der Waals surface area contributed by atoms with Crippen LogP contribution in [-0.4, -0.2) is 23.1 Å². The molecule has 0 bridgehead atoms. The van der Waals surface area contributed by atoms with E-state index in [4.69, 9.17) is 16.1 Å². The average Bonchev–Trinajstić information content (AvgIpc) is 2.95. The molecule has 20 heavy (non-hydrogen) atoms. The summed E-state index contributed by atoms with van der Waals surface area (Å²) in [5.41, 5.74) is 7.05. The summed E-state index contributed by atoms with van der Waals surface area (Å²) in [7, 11) is 1.77. The van der Waals surface area contributed by atoms with Crippen LogP contribution in [0, 0.1) is 11.3 Å². The molecular weight excluding hydrogens is 276 g/mol. The number of nitrogens with zero attached hydrogens (tertiary/aromatic N) is 3. The van der Waals surface area contributed by atoms with E-state index >= 15 is 0 Å². The standard InChI is InChI=1S/C13H12N4O2S/c1-17(10-5-3-2-4-8(10)6-14)13-16-9(7-20-13)11(15)12(18)19/h2-5,7,11H,15H2,1H3,(H,18,19). The van der Waals surface area contributed by atoms with Crippen molar-refractivity contribution in [2.45, 2.75) is 6.04 Å². The van der Waals surface area contributed by atoms with Gasteiger partial charge in [0.15, 0.2) is 5.13 Å². The number of aromatic nitrogens is 1. The summed E-state index contributed by atoms with van der Waals surface area (Å²) < 4.78 is 0. The molecule has 0 radical (unpaired) electrons. The molecule has 1 heterocycles. The number of hydrogen-bond donors (Lipinski definition) is 2. The normalized spacial score (nSPS) is 11.7. The number of benzene rings is 1. The first-order chi connectivity index (χ1) is 9.54. The molecule has 0 saturated carbocycles. The van der Waals surface area contributed by atoms with Crippen LogP contribution >= 0.6 is 11.3 Å². The second-order valence-electron chi connectivity index (χ2n) is 4.06. The van der Waals surface area contributed by atoms with Crippen molar-refractivity contribution in [3.05, 3.63) is 40.9 Å². The van der Waals surface area contributed by atoms with Gasteiger partial charge >= 0.3 is 5.97 Å². The molecular formula is C13H12N4O2S. The van der Waals surface area contributed by atoms with Crippen LogP contribution in [0.1, 0.15) is 17.3 Å². The largest absolute Gasteiger partial charge is 0.480 e. The number of carboxylic acids is 1. The lowest BCUT2D eigenvalue weighted by Gasteiger charge is -2.17. The molecule has 0 spiro atoms. The van der Waals surface area contributed by atoms with E-state index in [1.54, 1.807) is 35.5 Å². The SMILES string of the molecule is CN(c1nc(C(N)C(=O)O)cs1)c1ccccc1C#N. The maximum absolute atomic E-state index is 10.8. The highest BCUT2D eigenvalue weighted by Gasteiger charge is 2.19. The minimum Gasteiger partial charge on any atom is -0.480 e. The first-order valence-electron chi connectivity index (χ1n) is 5.71. The lowest BCUT2D eigenvalue weighted by molar-refractivity contribution is -0.138. The fraction of sp³-hybridized carbons (Fsp3) is 0.154. The van der Waals surface area contributed by atoms with E-state index in [1.165, 1.54) is 11.3 Å². The molecule has 1 atom stereocenters. The second kappa shape index (κ2) is 5.69. The number of nitriles is 1. The third kappa shape index (κ3) is 2.61. The highest BCUT2D eigenvalue weighted by molar-refractivity contribution is 7.13. The van der Waals surface area contributed by atoms with Crippen LogP contribution in [0.2, 0.25) is 0 Å². The Balaban J connectivity index is 2.33. The molecule has 7 heteroatoms. The third-order valence-electron chi connectivity index (χ3n) is 2.77. The lowest BCUT2D eigenvalue weighted by atomic mass is 10.2. The van der Waals surface area contributed by atoms with Gasteiger partial charge in [-0.3, -0.25) is 4.79 Å². The van der Waals surface area contributed by atoms with Gasteiger partial charge < -0.3 is 15.7 Å². The van der Waals surface area contributed by atoms with Gasteiger partial charge in [-0.1, -0.05) is 12.1 Å². The minimum absolute atomic E-state index is 0.304. The molecule has 1 unspecified atom stereocenters. The molecule has 3 N–H and O–H groups in total. The zero-order valence-electron chi connectivity index (χ0n) is 10.6. The maximum atomic E-state index is 10.8. The van der Waals surface area contributed by atoms with Crippen LogP contribution in [0.4, 0.5) is 10.8 Å². The van der Waals surface area contributed by atoms with Gasteiger partial charge in [0.05, 0.1) is 16.9 Å². The molecule has 0 fully saturated rings. The first-order valence-corrected chi connectivity index (χ1v) is 6.59. The Bertz CT molecular complexity index is 677. The number of carboxylic acid groups (broad SMARTS) is 1. The maximum Gasteiger partial charge on any atom is 0.326 e. The van der Waals surface area contributed by atoms with E-state index in [-0.39, 0.29) is 0 Å². The van der Waals surface area contributed by atoms with E-state index < -0.39 is 12.0 Å². The molecule has 0 saturated heterocycles. The number of thiazole rings is 1. The molecule has 0 amide bonds. The van der Waals surface area contributed by atoms with E-state index in [0.717, 1.165) is 0 Å². The van der Waals surface area contributed by atoms with Crippen molar-refractivity contribution < 1.29 is 9.90 Å². The number of para-hydroxylation sites is 1. The molecule has 6 nitrogen and oxygen atoms in total. The molecule has 2 rings (SSSR count). The van der Waals surface area contributed by atoms with Gasteiger partial charge in [0.1, 0.15) is 12.1 Å². The average molecular weight is 288 g/mol. The van der Waals surface area contributed by atoms with Gasteiger partial charge in [0.25, 0.3) is 0 Å². The van der Waals surface area contributed by atoms with Crippen molar-refractivity contribution in [2.24, 2.45) is 5.73 Å². The first kappa shape index (κ1) is 14.0. The van der Waals surface area contributed by atoms with Gasteiger partial charge in [-0.25, -0.2) is 4.98 Å². The summed E-state index contributed by atoms with van der Waals surface area (Å²) in [5, 5.41) is 20.1. The van der Waals surface area contributed by atoms with Gasteiger partial charge in [0.2, 0.25) is 0 Å². The van der Waals surface area contributed by atoms with Crippen LogP contribution in [0.3, 0.4) is 0 Å². The second-order valence-corrected chi connectivity index (χ2v) is 4.90. The van der Waals surface area contributed by atoms with Crippen molar-refractivity contribution in [1.82, 2.24) is 4.98 Å². The summed E-state index contributed by atoms with van der Waals surface area (Å²) in [6, 6.07) is 8.09. The van der Waals surface area contributed by atoms with E-state index in [1.807, 2.05) is 6.07 Å². The van der Waals surface area contributed by atoms with Crippen molar-refractivity contribution in [3.8, 4) is 6.07 Å². The van der Waals surface area contributed by atoms with Crippen molar-refractivity contribution in [1.29, 1.82) is 5.26 Å². The predicted octanol–water partition coefficient (Wildman–Crippen LogP) is 1.87. The summed E-state index contributed by atoms with van der Waals surface area (Å²) in [6.07, 6.45) is 0. The highest BCUT2D eigenvalue weighted by atomic mass is 32.1. The zero-order chi connectivity index (χ0) is 14.7. The molecule has 102 valence electrons. The number of nitrogens with two attached hydrogens (primary N) is 1. The van der Waals surface area contributed by atoms with E-state index in [0.29, 0.717) is 22.1 Å². The van der Waals surface area contributed by atoms with E-state index in [2.05, 4.69) is 11.1 Å². The highest BCUT2D eigenvalue weighted by Crippen LogP contribution is 2.30. The topological polar surface area (TPSA) is 103 Å². The molecule has 1 aromatic carbocycles. The number of rotatable bonds is 4. The Morgan fingerprint density at radius 2 is 2.25 bits per heavy atom. The van der Waals surface area contributed by atoms with Gasteiger partial charge in [-0.05, 0) is 12.1 Å². The van der Waals surface area contributed by atoms with Gasteiger partial charge in [-0.2, -0.15) is 5.26 Å². The molecule has 0 aliphatic heterocycles. The van der Waals surface area contributed by atoms with Crippen molar-refractivity contribution in [3.63, 3.8) is 0 Å². The fourth-order valence-electron chi connectivity index (χ4n) is 1.66. The summed E-state index contributed by atoms with van der Waals surface area (Å²) >= 11 is 1.28. The zero-order valence-corrected chi connectivity index (χ0v) is 11.5. The van der Waals surface area contributed by atoms with Crippen molar-refractivity contribution in [2.75, 3.05) is 11.9 Å². The molecule has 2 aromatic rings. The minimum atomic E-state index is -1.14. The Morgan fingerprint density at radius 1 is 1.55 bits per heavy atom. The molecule has 0 aliphatic rings. The lowest BCUT2D eigenvalue weighted by Crippen LogP contribution is -2.21. The summed E-state index contributed by atoms with van der Waals surface area (Å²) in [6.45, 7) is 0. The van der Waals surface area contributed by atoms with E-state index in [9.17, 15) is 4.79 Å². The predicted molar refractivity (Wildman–Crippen MR) is 75.9 cm³/mol. The Kier molecular flexibility index (Phi) is 3.98. The quantitative estimate of drug-likeness (QED) is 0.890. The smallest absolute Gasteiger partial charge is 0.326 e. The summed E-state index contributed by atoms with van der Waals surface area (Å²) in [5.74, 6) is -1.12. The number of carbonyl (C=O) groups is 1. The summed E-state index contributed by atoms with van der Waals surface area (Å²) in [4.78, 5) is 16.8. The van der Waals surface area contributed by atoms with Crippen LogP contribution < -0.4 is 10.6 Å². The van der Waals surface area contributed by atoms with Gasteiger partial charge in [-0.15, -0.1) is 11.3 Å². The van der Waals surface area contributed by atoms with Crippen LogP contribution in [0.15, 0.2) is 29.6 Å². The van der Waals surface area contributed by atoms with Crippen molar-refractivity contribution >= 4 is 28.1 Å². The molecule has 0 aliphatic carbocycles.